The molecule has 39 heavy (non-hydrogen) atoms. The molecule has 0 bridgehead atoms. The smallest absolute Gasteiger partial charge is 0.308 e. The largest absolute Gasteiger partial charge is 0.497 e. The number of thioether (sulfide) groups is 1. The van der Waals surface area contributed by atoms with Crippen molar-refractivity contribution < 1.29 is 23.5 Å². The van der Waals surface area contributed by atoms with Crippen molar-refractivity contribution in [1.29, 1.82) is 0 Å². The lowest BCUT2D eigenvalue weighted by Gasteiger charge is -2.31. The average molecular weight is 568 g/mol. The van der Waals surface area contributed by atoms with Gasteiger partial charge in [0.15, 0.2) is 0 Å². The van der Waals surface area contributed by atoms with Gasteiger partial charge in [-0.1, -0.05) is 35.2 Å². The van der Waals surface area contributed by atoms with Crippen molar-refractivity contribution in [3.8, 4) is 5.75 Å². The Bertz CT molecular complexity index is 1490. The molecule has 202 valence electrons. The van der Waals surface area contributed by atoms with E-state index < -0.39 is 34.7 Å². The predicted octanol–water partition coefficient (Wildman–Crippen LogP) is 3.87. The Balaban J connectivity index is 1.43. The van der Waals surface area contributed by atoms with Gasteiger partial charge in [0, 0.05) is 23.9 Å². The molecule has 0 N–H and O–H groups in total. The number of halogens is 1. The number of imide groups is 1. The van der Waals surface area contributed by atoms with E-state index >= 15 is 0 Å². The number of carbonyl (C=O) groups excluding carboxylic acids is 3. The second-order valence-electron chi connectivity index (χ2n) is 9.87. The van der Waals surface area contributed by atoms with E-state index in [9.17, 15) is 23.6 Å². The number of hydrogen-bond acceptors (Lipinski definition) is 7. The number of carbonyl (C=O) groups is 3. The number of hydrogen-bond donors (Lipinski definition) is 0. The first-order chi connectivity index (χ1) is 18.9. The number of rotatable bonds is 5. The third kappa shape index (κ3) is 4.47. The van der Waals surface area contributed by atoms with Gasteiger partial charge in [0.05, 0.1) is 23.7 Å². The first-order valence-electron chi connectivity index (χ1n) is 12.8. The van der Waals surface area contributed by atoms with E-state index in [4.69, 9.17) is 4.74 Å². The molecule has 3 amide bonds. The molecule has 0 aliphatic carbocycles. The summed E-state index contributed by atoms with van der Waals surface area (Å²) in [6, 6.07) is 12.5. The van der Waals surface area contributed by atoms with Gasteiger partial charge < -0.3 is 9.64 Å². The van der Waals surface area contributed by atoms with Gasteiger partial charge in [-0.25, -0.2) is 9.29 Å². The van der Waals surface area contributed by atoms with Crippen LogP contribution in [-0.2, 0) is 20.9 Å². The van der Waals surface area contributed by atoms with Crippen LogP contribution in [0.4, 0.5) is 10.1 Å². The Kier molecular flexibility index (Phi) is 6.80. The number of nitrogens with zero attached hydrogens (tertiary/aromatic N) is 3. The second kappa shape index (κ2) is 10.3. The van der Waals surface area contributed by atoms with Crippen molar-refractivity contribution >= 4 is 46.5 Å². The van der Waals surface area contributed by atoms with Crippen molar-refractivity contribution in [2.24, 2.45) is 5.92 Å². The Morgan fingerprint density at radius 3 is 2.33 bits per heavy atom. The number of ether oxygens (including phenoxy) is 1. The van der Waals surface area contributed by atoms with Crippen LogP contribution in [0.3, 0.4) is 0 Å². The minimum atomic E-state index is -0.799. The van der Waals surface area contributed by atoms with E-state index in [1.807, 2.05) is 12.1 Å². The van der Waals surface area contributed by atoms with Gasteiger partial charge in [-0.05, 0) is 61.2 Å². The summed E-state index contributed by atoms with van der Waals surface area (Å²) in [4.78, 5) is 57.3. The molecule has 2 fully saturated rings. The summed E-state index contributed by atoms with van der Waals surface area (Å²) in [5.74, 6) is -2.10. The van der Waals surface area contributed by atoms with Gasteiger partial charge >= 0.3 is 4.87 Å². The van der Waals surface area contributed by atoms with Crippen LogP contribution in [0.1, 0.15) is 35.6 Å². The first-order valence-corrected chi connectivity index (χ1v) is 14.5. The highest BCUT2D eigenvalue weighted by molar-refractivity contribution is 8.00. The summed E-state index contributed by atoms with van der Waals surface area (Å²) in [5.41, 5.74) is 1.07. The Hall–Kier alpha value is -3.44. The molecule has 3 aromatic rings. The molecule has 3 aliphatic rings. The first kappa shape index (κ1) is 25.8. The molecule has 2 aromatic carbocycles. The van der Waals surface area contributed by atoms with Gasteiger partial charge in [0.2, 0.25) is 17.7 Å². The second-order valence-corrected chi connectivity index (χ2v) is 12.0. The minimum absolute atomic E-state index is 0.103. The Morgan fingerprint density at radius 1 is 0.974 bits per heavy atom. The van der Waals surface area contributed by atoms with E-state index in [0.29, 0.717) is 34.4 Å². The molecule has 2 saturated heterocycles. The van der Waals surface area contributed by atoms with E-state index in [2.05, 4.69) is 0 Å². The molecule has 11 heteroatoms. The number of piperidine rings is 1. The van der Waals surface area contributed by atoms with Crippen molar-refractivity contribution in [3.63, 3.8) is 0 Å². The maximum absolute atomic E-state index is 13.9. The van der Waals surface area contributed by atoms with E-state index in [0.717, 1.165) is 41.1 Å². The molecule has 3 atom stereocenters. The van der Waals surface area contributed by atoms with Crippen LogP contribution in [-0.4, -0.2) is 52.6 Å². The fraction of sp³-hybridized carbons (Fsp3) is 0.357. The molecule has 3 aliphatic heterocycles. The van der Waals surface area contributed by atoms with Crippen LogP contribution in [0.25, 0.3) is 0 Å². The highest BCUT2D eigenvalue weighted by Crippen LogP contribution is 2.54. The predicted molar refractivity (Wildman–Crippen MR) is 146 cm³/mol. The zero-order valence-electron chi connectivity index (χ0n) is 21.2. The summed E-state index contributed by atoms with van der Waals surface area (Å²) in [5, 5.41) is -0.243. The summed E-state index contributed by atoms with van der Waals surface area (Å²) in [6.07, 6.45) is 2.97. The van der Waals surface area contributed by atoms with Crippen LogP contribution in [0.5, 0.6) is 5.75 Å². The highest BCUT2D eigenvalue weighted by Gasteiger charge is 2.56. The van der Waals surface area contributed by atoms with Crippen molar-refractivity contribution in [2.75, 3.05) is 25.1 Å². The summed E-state index contributed by atoms with van der Waals surface area (Å²) >= 11 is 2.20. The number of fused-ring (bicyclic) bond motifs is 2. The zero-order chi connectivity index (χ0) is 27.3. The summed E-state index contributed by atoms with van der Waals surface area (Å²) in [7, 11) is 1.56. The topological polar surface area (TPSA) is 88.9 Å². The van der Waals surface area contributed by atoms with Crippen molar-refractivity contribution in [2.45, 2.75) is 42.0 Å². The van der Waals surface area contributed by atoms with Gasteiger partial charge in [0.1, 0.15) is 23.4 Å². The fourth-order valence-corrected chi connectivity index (χ4v) is 8.42. The summed E-state index contributed by atoms with van der Waals surface area (Å²) in [6.45, 7) is 1.24. The lowest BCUT2D eigenvalue weighted by atomic mass is 9.83. The zero-order valence-corrected chi connectivity index (χ0v) is 22.8. The molecule has 2 unspecified atom stereocenters. The standard InChI is InChI=1S/C28H26FN3O5S2/c1-37-19-11-5-16(6-12-19)21-22-23(26(35)32(25(22)34)18-9-7-17(29)8-10-18)38-27-24(21)39-28(36)31(27)15-20(33)30-13-3-2-4-14-30/h5-12,21-23H,2-4,13-15H2,1H3/t21-,22?,23?/m1/s1. The molecule has 6 rings (SSSR count). The molecule has 4 heterocycles. The molecular weight excluding hydrogens is 541 g/mol. The third-order valence-electron chi connectivity index (χ3n) is 7.61. The molecule has 0 spiro atoms. The highest BCUT2D eigenvalue weighted by atomic mass is 32.2. The number of amides is 3. The monoisotopic (exact) mass is 567 g/mol. The van der Waals surface area contributed by atoms with Gasteiger partial charge in [-0.3, -0.25) is 23.7 Å². The lowest BCUT2D eigenvalue weighted by Crippen LogP contribution is -2.39. The van der Waals surface area contributed by atoms with E-state index in [-0.39, 0.29) is 17.3 Å². The average Bonchev–Trinajstić information content (AvgIpc) is 3.40. The van der Waals surface area contributed by atoms with Gasteiger partial charge in [-0.15, -0.1) is 0 Å². The van der Waals surface area contributed by atoms with Crippen LogP contribution in [0.2, 0.25) is 0 Å². The molecular formula is C28H26FN3O5S2. The normalized spacial score (nSPS) is 22.6. The molecule has 0 radical (unpaired) electrons. The maximum Gasteiger partial charge on any atom is 0.308 e. The van der Waals surface area contributed by atoms with E-state index in [1.165, 1.54) is 40.6 Å². The number of methoxy groups -OCH3 is 1. The number of benzene rings is 2. The van der Waals surface area contributed by atoms with Crippen LogP contribution in [0, 0.1) is 11.7 Å². The SMILES string of the molecule is COc1ccc([C@H]2c3sc(=O)n(CC(=O)N4CCCCC4)c3SC3C(=O)N(c4ccc(F)cc4)C(=O)C32)cc1. The van der Waals surface area contributed by atoms with Crippen LogP contribution in [0.15, 0.2) is 58.4 Å². The molecule has 8 nitrogen and oxygen atoms in total. The number of likely N-dealkylation sites (tertiary alicyclic amines) is 1. The van der Waals surface area contributed by atoms with Crippen molar-refractivity contribution in [1.82, 2.24) is 9.47 Å². The van der Waals surface area contributed by atoms with Gasteiger partial charge in [0.25, 0.3) is 0 Å². The quantitative estimate of drug-likeness (QED) is 0.435. The molecule has 0 saturated carbocycles. The fourth-order valence-electron chi connectivity index (χ4n) is 5.65. The maximum atomic E-state index is 13.9. The lowest BCUT2D eigenvalue weighted by molar-refractivity contribution is -0.133. The number of anilines is 1. The molecule has 1 aromatic heterocycles. The van der Waals surface area contributed by atoms with Crippen molar-refractivity contribution in [3.05, 3.63) is 74.5 Å². The van der Waals surface area contributed by atoms with Gasteiger partial charge in [-0.2, -0.15) is 0 Å². The minimum Gasteiger partial charge on any atom is -0.497 e. The Labute approximate surface area is 232 Å². The number of thiazole rings is 1. The Morgan fingerprint density at radius 2 is 1.67 bits per heavy atom. The third-order valence-corrected chi connectivity index (χ3v) is 10.2. The summed E-state index contributed by atoms with van der Waals surface area (Å²) < 4.78 is 20.4. The van der Waals surface area contributed by atoms with E-state index in [1.54, 1.807) is 24.1 Å². The number of aromatic nitrogens is 1. The van der Waals surface area contributed by atoms with Crippen LogP contribution < -0.4 is 14.5 Å². The van der Waals surface area contributed by atoms with Crippen LogP contribution >= 0.6 is 23.1 Å².